The molecule has 0 aromatic rings. The van der Waals surface area contributed by atoms with Gasteiger partial charge in [0.2, 0.25) is 0 Å². The van der Waals surface area contributed by atoms with Gasteiger partial charge in [-0.3, -0.25) is 4.90 Å². The number of nitrogens with zero attached hydrogens (tertiary/aromatic N) is 1. The molecule has 0 saturated carbocycles. The Kier molecular flexibility index (Phi) is 3.15. The van der Waals surface area contributed by atoms with Gasteiger partial charge in [-0.05, 0) is 20.8 Å². The van der Waals surface area contributed by atoms with Crippen LogP contribution in [0.25, 0.3) is 0 Å². The van der Waals surface area contributed by atoms with Gasteiger partial charge < -0.3 is 5.11 Å². The minimum absolute atomic E-state index is 0.324. The summed E-state index contributed by atoms with van der Waals surface area (Å²) in [6.45, 7) is 5.55. The molecule has 0 unspecified atom stereocenters. The van der Waals surface area contributed by atoms with Gasteiger partial charge in [-0.25, -0.2) is 4.79 Å². The summed E-state index contributed by atoms with van der Waals surface area (Å²) < 4.78 is 0. The molecule has 10 heavy (non-hydrogen) atoms. The first kappa shape index (κ1) is 9.75. The molecule has 0 heterocycles. The van der Waals surface area contributed by atoms with Crippen LogP contribution < -0.4 is 0 Å². The Morgan fingerprint density at radius 3 is 2.00 bits per heavy atom. The Balaban J connectivity index is 4.22. The summed E-state index contributed by atoms with van der Waals surface area (Å²) in [4.78, 5) is 11.8. The molecule has 1 N–H and O–H groups in total. The maximum absolute atomic E-state index is 10.5. The van der Waals surface area contributed by atoms with Crippen molar-refractivity contribution in [3.63, 3.8) is 0 Å². The molecule has 0 rings (SSSR count). The molecule has 3 nitrogen and oxygen atoms in total. The Labute approximate surface area is 69.1 Å². The largest absolute Gasteiger partial charge is 0.465 e. The van der Waals surface area contributed by atoms with E-state index in [1.807, 2.05) is 20.8 Å². The zero-order valence-corrected chi connectivity index (χ0v) is 7.97. The predicted octanol–water partition coefficient (Wildman–Crippen LogP) is 2.12. The highest BCUT2D eigenvalue weighted by atomic mass is 79.9. The van der Waals surface area contributed by atoms with Crippen molar-refractivity contribution in [2.24, 2.45) is 0 Å². The zero-order valence-electron chi connectivity index (χ0n) is 6.39. The highest BCUT2D eigenvalue weighted by Gasteiger charge is 2.24. The Morgan fingerprint density at radius 2 is 2.00 bits per heavy atom. The molecule has 0 bridgehead atoms. The molecule has 0 spiro atoms. The number of rotatable bonds is 1. The van der Waals surface area contributed by atoms with E-state index in [-0.39, 0.29) is 5.54 Å². The van der Waals surface area contributed by atoms with E-state index in [1.165, 1.54) is 4.90 Å². The quantitative estimate of drug-likeness (QED) is 0.531. The first-order chi connectivity index (χ1) is 4.39. The lowest BCUT2D eigenvalue weighted by molar-refractivity contribution is 0.115. The summed E-state index contributed by atoms with van der Waals surface area (Å²) in [5.74, 6) is 0. The van der Waals surface area contributed by atoms with Crippen LogP contribution in [0.4, 0.5) is 4.79 Å². The summed E-state index contributed by atoms with van der Waals surface area (Å²) in [6.07, 6.45) is -0.899. The molecular formula is C6H12BrNO2. The summed E-state index contributed by atoms with van der Waals surface area (Å²) >= 11 is 3.10. The Bertz CT molecular complexity index is 130. The molecule has 60 valence electrons. The van der Waals surface area contributed by atoms with Gasteiger partial charge in [0, 0.05) is 5.54 Å². The zero-order chi connectivity index (χ0) is 8.36. The van der Waals surface area contributed by atoms with E-state index in [9.17, 15) is 4.79 Å². The lowest BCUT2D eigenvalue weighted by atomic mass is 10.1. The minimum Gasteiger partial charge on any atom is -0.465 e. The van der Waals surface area contributed by atoms with Crippen LogP contribution in [0.15, 0.2) is 0 Å². The number of hydrogen-bond donors (Lipinski definition) is 1. The van der Waals surface area contributed by atoms with Crippen LogP contribution in [-0.2, 0) is 0 Å². The van der Waals surface area contributed by atoms with Crippen LogP contribution in [0.5, 0.6) is 0 Å². The van der Waals surface area contributed by atoms with Gasteiger partial charge in [-0.15, -0.1) is 0 Å². The summed E-state index contributed by atoms with van der Waals surface area (Å²) in [7, 11) is 0. The number of alkyl halides is 1. The molecule has 0 aromatic carbocycles. The second-order valence-electron chi connectivity index (χ2n) is 3.00. The Hall–Kier alpha value is -0.250. The van der Waals surface area contributed by atoms with Crippen molar-refractivity contribution in [1.82, 2.24) is 4.90 Å². The highest BCUT2D eigenvalue weighted by Crippen LogP contribution is 2.13. The third-order valence-electron chi connectivity index (χ3n) is 1.16. The highest BCUT2D eigenvalue weighted by molar-refractivity contribution is 9.09. The van der Waals surface area contributed by atoms with Crippen LogP contribution in [-0.4, -0.2) is 27.1 Å². The van der Waals surface area contributed by atoms with E-state index in [0.717, 1.165) is 0 Å². The van der Waals surface area contributed by atoms with Crippen molar-refractivity contribution in [2.45, 2.75) is 26.3 Å². The summed E-state index contributed by atoms with van der Waals surface area (Å²) in [5.41, 5.74) is 0.0289. The van der Waals surface area contributed by atoms with Crippen molar-refractivity contribution in [1.29, 1.82) is 0 Å². The average molecular weight is 210 g/mol. The fourth-order valence-electron chi connectivity index (χ4n) is 0.517. The molecule has 0 aliphatic carbocycles. The van der Waals surface area contributed by atoms with Crippen molar-refractivity contribution in [3.05, 3.63) is 0 Å². The molecule has 0 radical (unpaired) electrons. The van der Waals surface area contributed by atoms with Gasteiger partial charge in [0.1, 0.15) is 0 Å². The van der Waals surface area contributed by atoms with Crippen LogP contribution in [0.1, 0.15) is 20.8 Å². The second-order valence-corrected chi connectivity index (χ2v) is 3.50. The number of amides is 1. The third-order valence-corrected chi connectivity index (χ3v) is 1.66. The maximum Gasteiger partial charge on any atom is 0.408 e. The second kappa shape index (κ2) is 3.23. The van der Waals surface area contributed by atoms with Crippen LogP contribution in [0.2, 0.25) is 0 Å². The smallest absolute Gasteiger partial charge is 0.408 e. The molecule has 0 aromatic heterocycles. The van der Waals surface area contributed by atoms with Gasteiger partial charge in [0.05, 0.1) is 5.45 Å². The lowest BCUT2D eigenvalue weighted by Crippen LogP contribution is -2.43. The molecule has 1 amide bonds. The normalized spacial score (nSPS) is 11.2. The fraction of sp³-hybridized carbons (Fsp3) is 0.833. The number of halogens is 1. The predicted molar refractivity (Wildman–Crippen MR) is 43.4 cm³/mol. The van der Waals surface area contributed by atoms with Crippen LogP contribution >= 0.6 is 15.9 Å². The van der Waals surface area contributed by atoms with E-state index in [2.05, 4.69) is 15.9 Å². The van der Waals surface area contributed by atoms with Crippen molar-refractivity contribution in [2.75, 3.05) is 5.45 Å². The van der Waals surface area contributed by atoms with Gasteiger partial charge in [-0.2, -0.15) is 0 Å². The first-order valence-corrected chi connectivity index (χ1v) is 4.08. The van der Waals surface area contributed by atoms with Crippen LogP contribution in [0.3, 0.4) is 0 Å². The third kappa shape index (κ3) is 2.56. The first-order valence-electron chi connectivity index (χ1n) is 2.96. The van der Waals surface area contributed by atoms with E-state index < -0.39 is 6.09 Å². The average Bonchev–Trinajstić information content (AvgIpc) is 1.60. The van der Waals surface area contributed by atoms with Crippen molar-refractivity contribution >= 4 is 22.0 Å². The standard InChI is InChI=1S/C6H12BrNO2/c1-6(2,3)8(4-7)5(9)10/h4H2,1-3H3,(H,9,10). The van der Waals surface area contributed by atoms with Gasteiger partial charge in [0.25, 0.3) is 0 Å². The number of carbonyl (C=O) groups is 1. The number of hydrogen-bond acceptors (Lipinski definition) is 1. The molecule has 0 atom stereocenters. The topological polar surface area (TPSA) is 40.5 Å². The number of carboxylic acid groups (broad SMARTS) is 1. The minimum atomic E-state index is -0.899. The molecule has 4 heteroatoms. The van der Waals surface area contributed by atoms with Crippen molar-refractivity contribution in [3.8, 4) is 0 Å². The van der Waals surface area contributed by atoms with Crippen molar-refractivity contribution < 1.29 is 9.90 Å². The van der Waals surface area contributed by atoms with E-state index in [4.69, 9.17) is 5.11 Å². The van der Waals surface area contributed by atoms with E-state index in [1.54, 1.807) is 0 Å². The summed E-state index contributed by atoms with van der Waals surface area (Å²) in [6, 6.07) is 0. The maximum atomic E-state index is 10.5. The van der Waals surface area contributed by atoms with Gasteiger partial charge in [-0.1, -0.05) is 15.9 Å². The van der Waals surface area contributed by atoms with E-state index >= 15 is 0 Å². The lowest BCUT2D eigenvalue weighted by Gasteiger charge is -2.31. The van der Waals surface area contributed by atoms with E-state index in [0.29, 0.717) is 5.45 Å². The monoisotopic (exact) mass is 209 g/mol. The molecular weight excluding hydrogens is 198 g/mol. The van der Waals surface area contributed by atoms with Crippen LogP contribution in [0, 0.1) is 0 Å². The van der Waals surface area contributed by atoms with Gasteiger partial charge in [0.15, 0.2) is 0 Å². The molecule has 0 aliphatic heterocycles. The fourth-order valence-corrected chi connectivity index (χ4v) is 1.48. The summed E-state index contributed by atoms with van der Waals surface area (Å²) in [5, 5.41) is 8.60. The molecule has 0 fully saturated rings. The molecule has 0 aliphatic rings. The SMILES string of the molecule is CC(C)(C)N(CBr)C(=O)O. The molecule has 0 saturated heterocycles. The Morgan fingerprint density at radius 1 is 1.60 bits per heavy atom. The van der Waals surface area contributed by atoms with Gasteiger partial charge >= 0.3 is 6.09 Å².